The van der Waals surface area contributed by atoms with Crippen molar-refractivity contribution in [3.8, 4) is 0 Å². The number of nitrogens with zero attached hydrogens (tertiary/aromatic N) is 1. The smallest absolute Gasteiger partial charge is 0.251 e. The van der Waals surface area contributed by atoms with Gasteiger partial charge >= 0.3 is 0 Å². The van der Waals surface area contributed by atoms with Gasteiger partial charge in [0.1, 0.15) is 11.9 Å². The number of aromatic nitrogens is 1. The molecule has 2 aromatic rings. The van der Waals surface area contributed by atoms with Crippen molar-refractivity contribution in [2.75, 3.05) is 5.32 Å². The van der Waals surface area contributed by atoms with Crippen LogP contribution in [0.1, 0.15) is 36.3 Å². The number of rotatable bonds is 6. The SMILES string of the molecule is CCC(C)C(NC(=O)c1ccccc1)C(=O)Nc1cccc(C)n1. The largest absolute Gasteiger partial charge is 0.340 e. The van der Waals surface area contributed by atoms with E-state index in [0.717, 1.165) is 12.1 Å². The Morgan fingerprint density at radius 2 is 1.79 bits per heavy atom. The van der Waals surface area contributed by atoms with Gasteiger partial charge in [0.25, 0.3) is 5.91 Å². The average molecular weight is 325 g/mol. The van der Waals surface area contributed by atoms with Crippen LogP contribution in [0.5, 0.6) is 0 Å². The number of nitrogens with one attached hydrogen (secondary N) is 2. The molecule has 0 aliphatic heterocycles. The molecule has 5 heteroatoms. The summed E-state index contributed by atoms with van der Waals surface area (Å²) in [4.78, 5) is 29.3. The second-order valence-electron chi connectivity index (χ2n) is 5.86. The first-order valence-electron chi connectivity index (χ1n) is 8.11. The minimum atomic E-state index is -0.620. The fourth-order valence-electron chi connectivity index (χ4n) is 2.33. The summed E-state index contributed by atoms with van der Waals surface area (Å²) in [5.41, 5.74) is 1.36. The summed E-state index contributed by atoms with van der Waals surface area (Å²) in [5, 5.41) is 5.63. The van der Waals surface area contributed by atoms with Crippen LogP contribution >= 0.6 is 0 Å². The lowest BCUT2D eigenvalue weighted by Gasteiger charge is -2.23. The van der Waals surface area contributed by atoms with E-state index in [9.17, 15) is 9.59 Å². The molecule has 5 nitrogen and oxygen atoms in total. The van der Waals surface area contributed by atoms with Gasteiger partial charge in [0.05, 0.1) is 0 Å². The summed E-state index contributed by atoms with van der Waals surface area (Å²) >= 11 is 0. The van der Waals surface area contributed by atoms with Crippen molar-refractivity contribution in [2.24, 2.45) is 5.92 Å². The summed E-state index contributed by atoms with van der Waals surface area (Å²) in [6, 6.07) is 13.7. The lowest BCUT2D eigenvalue weighted by atomic mass is 9.98. The molecule has 0 aliphatic rings. The summed E-state index contributed by atoms with van der Waals surface area (Å²) in [5.74, 6) is -0.0234. The first-order valence-corrected chi connectivity index (χ1v) is 8.11. The molecule has 126 valence electrons. The standard InChI is InChI=1S/C19H23N3O2/c1-4-13(2)17(22-18(23)15-10-6-5-7-11-15)19(24)21-16-12-8-9-14(3)20-16/h5-13,17H,4H2,1-3H3,(H,22,23)(H,20,21,24). The highest BCUT2D eigenvalue weighted by Crippen LogP contribution is 2.12. The highest BCUT2D eigenvalue weighted by molar-refractivity contribution is 6.01. The molecule has 2 atom stereocenters. The number of amides is 2. The number of carbonyl (C=O) groups is 2. The minimum absolute atomic E-state index is 0.00229. The topological polar surface area (TPSA) is 71.1 Å². The van der Waals surface area contributed by atoms with E-state index in [1.165, 1.54) is 0 Å². The molecule has 1 heterocycles. The van der Waals surface area contributed by atoms with E-state index >= 15 is 0 Å². The third-order valence-corrected chi connectivity index (χ3v) is 3.96. The molecular weight excluding hydrogens is 302 g/mol. The molecular formula is C19H23N3O2. The maximum absolute atomic E-state index is 12.6. The third-order valence-electron chi connectivity index (χ3n) is 3.96. The van der Waals surface area contributed by atoms with Crippen molar-refractivity contribution < 1.29 is 9.59 Å². The zero-order valence-corrected chi connectivity index (χ0v) is 14.2. The van der Waals surface area contributed by atoms with Gasteiger partial charge in [0.15, 0.2) is 0 Å². The molecule has 2 unspecified atom stereocenters. The molecule has 0 saturated heterocycles. The van der Waals surface area contributed by atoms with Crippen LogP contribution < -0.4 is 10.6 Å². The number of benzene rings is 1. The Hall–Kier alpha value is -2.69. The Morgan fingerprint density at radius 1 is 1.08 bits per heavy atom. The molecule has 0 bridgehead atoms. The molecule has 0 saturated carbocycles. The number of aryl methyl sites for hydroxylation is 1. The summed E-state index contributed by atoms with van der Waals surface area (Å²) in [7, 11) is 0. The lowest BCUT2D eigenvalue weighted by Crippen LogP contribution is -2.47. The normalized spacial score (nSPS) is 13.0. The van der Waals surface area contributed by atoms with Crippen molar-refractivity contribution >= 4 is 17.6 Å². The Bertz CT molecular complexity index is 701. The first kappa shape index (κ1) is 17.7. The number of hydrogen-bond acceptors (Lipinski definition) is 3. The summed E-state index contributed by atoms with van der Waals surface area (Å²) in [6.45, 7) is 5.79. The molecule has 1 aromatic carbocycles. The highest BCUT2D eigenvalue weighted by atomic mass is 16.2. The van der Waals surface area contributed by atoms with E-state index in [-0.39, 0.29) is 17.7 Å². The average Bonchev–Trinajstić information content (AvgIpc) is 2.59. The molecule has 0 spiro atoms. The Balaban J connectivity index is 2.12. The van der Waals surface area contributed by atoms with Crippen LogP contribution in [0.3, 0.4) is 0 Å². The van der Waals surface area contributed by atoms with Gasteiger partial charge in [-0.25, -0.2) is 4.98 Å². The Morgan fingerprint density at radius 3 is 2.42 bits per heavy atom. The number of anilines is 1. The van der Waals surface area contributed by atoms with Crippen molar-refractivity contribution in [1.82, 2.24) is 10.3 Å². The Kier molecular flexibility index (Phi) is 6.07. The van der Waals surface area contributed by atoms with Gasteiger partial charge in [-0.2, -0.15) is 0 Å². The molecule has 2 rings (SSSR count). The van der Waals surface area contributed by atoms with Crippen molar-refractivity contribution in [2.45, 2.75) is 33.2 Å². The lowest BCUT2D eigenvalue weighted by molar-refractivity contribution is -0.119. The highest BCUT2D eigenvalue weighted by Gasteiger charge is 2.26. The van der Waals surface area contributed by atoms with Crippen LogP contribution in [0.15, 0.2) is 48.5 Å². The van der Waals surface area contributed by atoms with E-state index in [2.05, 4.69) is 15.6 Å². The van der Waals surface area contributed by atoms with Gasteiger partial charge in [-0.15, -0.1) is 0 Å². The van der Waals surface area contributed by atoms with Gasteiger partial charge in [-0.1, -0.05) is 44.5 Å². The molecule has 2 amide bonds. The van der Waals surface area contributed by atoms with E-state index < -0.39 is 6.04 Å². The minimum Gasteiger partial charge on any atom is -0.340 e. The third kappa shape index (κ3) is 4.65. The number of hydrogen-bond donors (Lipinski definition) is 2. The van der Waals surface area contributed by atoms with Gasteiger partial charge in [-0.05, 0) is 37.1 Å². The van der Waals surface area contributed by atoms with E-state index in [4.69, 9.17) is 0 Å². The van der Waals surface area contributed by atoms with Gasteiger partial charge in [0.2, 0.25) is 5.91 Å². The molecule has 0 fully saturated rings. The summed E-state index contributed by atoms with van der Waals surface area (Å²) < 4.78 is 0. The Labute approximate surface area is 142 Å². The first-order chi connectivity index (χ1) is 11.5. The molecule has 0 aliphatic carbocycles. The van der Waals surface area contributed by atoms with Crippen LogP contribution in [-0.4, -0.2) is 22.8 Å². The van der Waals surface area contributed by atoms with Crippen molar-refractivity contribution in [3.05, 3.63) is 59.8 Å². The van der Waals surface area contributed by atoms with Crippen LogP contribution in [0.25, 0.3) is 0 Å². The van der Waals surface area contributed by atoms with Crippen LogP contribution in [0.2, 0.25) is 0 Å². The van der Waals surface area contributed by atoms with E-state index in [0.29, 0.717) is 11.4 Å². The van der Waals surface area contributed by atoms with Crippen molar-refractivity contribution in [3.63, 3.8) is 0 Å². The number of pyridine rings is 1. The number of carbonyl (C=O) groups excluding carboxylic acids is 2. The second-order valence-corrected chi connectivity index (χ2v) is 5.86. The maximum atomic E-state index is 12.6. The predicted molar refractivity (Wildman–Crippen MR) is 94.8 cm³/mol. The van der Waals surface area contributed by atoms with Gasteiger partial charge in [0, 0.05) is 11.3 Å². The summed E-state index contributed by atoms with van der Waals surface area (Å²) in [6.07, 6.45) is 0.772. The van der Waals surface area contributed by atoms with Crippen molar-refractivity contribution in [1.29, 1.82) is 0 Å². The fourth-order valence-corrected chi connectivity index (χ4v) is 2.33. The zero-order chi connectivity index (χ0) is 17.5. The van der Waals surface area contributed by atoms with Crippen LogP contribution in [0, 0.1) is 12.8 Å². The molecule has 24 heavy (non-hydrogen) atoms. The fraction of sp³-hybridized carbons (Fsp3) is 0.316. The van der Waals surface area contributed by atoms with E-state index in [1.807, 2.05) is 39.0 Å². The monoisotopic (exact) mass is 325 g/mol. The molecule has 1 aromatic heterocycles. The van der Waals surface area contributed by atoms with Crippen LogP contribution in [0.4, 0.5) is 5.82 Å². The van der Waals surface area contributed by atoms with E-state index in [1.54, 1.807) is 30.3 Å². The quantitative estimate of drug-likeness (QED) is 0.857. The molecule has 2 N–H and O–H groups in total. The van der Waals surface area contributed by atoms with Gasteiger partial charge < -0.3 is 10.6 Å². The second kappa shape index (κ2) is 8.24. The van der Waals surface area contributed by atoms with Gasteiger partial charge in [-0.3, -0.25) is 9.59 Å². The zero-order valence-electron chi connectivity index (χ0n) is 14.2. The maximum Gasteiger partial charge on any atom is 0.251 e. The predicted octanol–water partition coefficient (Wildman–Crippen LogP) is 3.17. The molecule has 0 radical (unpaired) electrons. The van der Waals surface area contributed by atoms with Crippen LogP contribution in [-0.2, 0) is 4.79 Å².